The second kappa shape index (κ2) is 3.46. The predicted octanol–water partition coefficient (Wildman–Crippen LogP) is 1.36. The van der Waals surface area contributed by atoms with E-state index >= 15 is 0 Å². The summed E-state index contributed by atoms with van der Waals surface area (Å²) in [6.45, 7) is 0.808. The number of hydrogen-bond acceptors (Lipinski definition) is 3. The van der Waals surface area contributed by atoms with Crippen LogP contribution >= 0.6 is 0 Å². The van der Waals surface area contributed by atoms with Crippen LogP contribution in [0.1, 0.15) is 18.2 Å². The Hall–Kier alpha value is -1.29. The summed E-state index contributed by atoms with van der Waals surface area (Å²) in [4.78, 5) is 13.0. The SMILES string of the molecule is CN1CC[C@H](C(=O)O)[C@H]1c1ccco1. The number of hydrogen-bond donors (Lipinski definition) is 1. The van der Waals surface area contributed by atoms with Gasteiger partial charge in [0.05, 0.1) is 18.2 Å². The molecule has 2 heterocycles. The van der Waals surface area contributed by atoms with Crippen molar-refractivity contribution in [2.75, 3.05) is 13.6 Å². The van der Waals surface area contributed by atoms with E-state index in [4.69, 9.17) is 9.52 Å². The highest BCUT2D eigenvalue weighted by Crippen LogP contribution is 2.36. The largest absolute Gasteiger partial charge is 0.481 e. The average Bonchev–Trinajstić information content (AvgIpc) is 2.71. The van der Waals surface area contributed by atoms with Gasteiger partial charge in [0.1, 0.15) is 5.76 Å². The van der Waals surface area contributed by atoms with Gasteiger partial charge in [0.2, 0.25) is 0 Å². The van der Waals surface area contributed by atoms with E-state index in [0.29, 0.717) is 6.42 Å². The number of furan rings is 1. The number of rotatable bonds is 2. The molecule has 4 heteroatoms. The molecule has 1 aliphatic rings. The van der Waals surface area contributed by atoms with Gasteiger partial charge in [-0.1, -0.05) is 0 Å². The first-order valence-electron chi connectivity index (χ1n) is 4.66. The van der Waals surface area contributed by atoms with Crippen molar-refractivity contribution in [3.8, 4) is 0 Å². The fourth-order valence-corrected chi connectivity index (χ4v) is 2.08. The van der Waals surface area contributed by atoms with Crippen LogP contribution in [0.5, 0.6) is 0 Å². The quantitative estimate of drug-likeness (QED) is 0.774. The molecular formula is C10H13NO3. The van der Waals surface area contributed by atoms with Crippen LogP contribution in [0, 0.1) is 5.92 Å². The molecule has 2 atom stereocenters. The van der Waals surface area contributed by atoms with Gasteiger partial charge in [-0.2, -0.15) is 0 Å². The zero-order valence-corrected chi connectivity index (χ0v) is 8.01. The number of carboxylic acid groups (broad SMARTS) is 1. The van der Waals surface area contributed by atoms with E-state index in [2.05, 4.69) is 0 Å². The van der Waals surface area contributed by atoms with Crippen molar-refractivity contribution < 1.29 is 14.3 Å². The Labute approximate surface area is 82.1 Å². The molecule has 0 aliphatic carbocycles. The molecule has 0 bridgehead atoms. The summed E-state index contributed by atoms with van der Waals surface area (Å²) >= 11 is 0. The van der Waals surface area contributed by atoms with E-state index in [1.54, 1.807) is 12.3 Å². The molecule has 1 fully saturated rings. The summed E-state index contributed by atoms with van der Waals surface area (Å²) in [6.07, 6.45) is 2.28. The highest BCUT2D eigenvalue weighted by molar-refractivity contribution is 5.71. The van der Waals surface area contributed by atoms with Crippen LogP contribution in [0.3, 0.4) is 0 Å². The standard InChI is InChI=1S/C10H13NO3/c1-11-5-4-7(10(12)13)9(11)8-3-2-6-14-8/h2-3,6-7,9H,4-5H2,1H3,(H,12,13)/t7-,9-/m0/s1. The molecule has 1 saturated heterocycles. The summed E-state index contributed by atoms with van der Waals surface area (Å²) in [6, 6.07) is 3.52. The van der Waals surface area contributed by atoms with Crippen LogP contribution < -0.4 is 0 Å². The Bertz CT molecular complexity index is 320. The van der Waals surface area contributed by atoms with Crippen LogP contribution in [0.2, 0.25) is 0 Å². The van der Waals surface area contributed by atoms with Crippen LogP contribution in [-0.4, -0.2) is 29.6 Å². The highest BCUT2D eigenvalue weighted by atomic mass is 16.4. The maximum absolute atomic E-state index is 11.0. The molecule has 0 spiro atoms. The molecule has 0 radical (unpaired) electrons. The monoisotopic (exact) mass is 195 g/mol. The predicted molar refractivity (Wildman–Crippen MR) is 49.8 cm³/mol. The second-order valence-electron chi connectivity index (χ2n) is 3.67. The molecule has 76 valence electrons. The third-order valence-corrected chi connectivity index (χ3v) is 2.80. The van der Waals surface area contributed by atoms with Gasteiger partial charge in [-0.15, -0.1) is 0 Å². The number of carbonyl (C=O) groups is 1. The molecule has 4 nitrogen and oxygen atoms in total. The molecule has 0 unspecified atom stereocenters. The van der Waals surface area contributed by atoms with Gasteiger partial charge in [-0.3, -0.25) is 9.69 Å². The first-order valence-corrected chi connectivity index (χ1v) is 4.66. The highest BCUT2D eigenvalue weighted by Gasteiger charge is 2.39. The molecule has 1 aromatic heterocycles. The van der Waals surface area contributed by atoms with Crippen molar-refractivity contribution in [1.82, 2.24) is 4.90 Å². The van der Waals surface area contributed by atoms with Crippen molar-refractivity contribution in [2.24, 2.45) is 5.92 Å². The van der Waals surface area contributed by atoms with Gasteiger partial charge in [-0.25, -0.2) is 0 Å². The van der Waals surface area contributed by atoms with Crippen molar-refractivity contribution in [3.05, 3.63) is 24.2 Å². The summed E-state index contributed by atoms with van der Waals surface area (Å²) < 4.78 is 5.26. The topological polar surface area (TPSA) is 53.7 Å². The van der Waals surface area contributed by atoms with E-state index in [-0.39, 0.29) is 12.0 Å². The van der Waals surface area contributed by atoms with Crippen molar-refractivity contribution in [1.29, 1.82) is 0 Å². The first-order chi connectivity index (χ1) is 6.70. The molecule has 1 aliphatic heterocycles. The van der Waals surface area contributed by atoms with Gasteiger partial charge in [0.25, 0.3) is 0 Å². The Kier molecular flexibility index (Phi) is 2.29. The van der Waals surface area contributed by atoms with Crippen LogP contribution in [0.15, 0.2) is 22.8 Å². The Balaban J connectivity index is 2.26. The molecular weight excluding hydrogens is 182 g/mol. The Morgan fingerprint density at radius 2 is 2.50 bits per heavy atom. The molecule has 1 N–H and O–H groups in total. The summed E-state index contributed by atoms with van der Waals surface area (Å²) in [5, 5.41) is 9.03. The number of carboxylic acids is 1. The fourth-order valence-electron chi connectivity index (χ4n) is 2.08. The number of aliphatic carboxylic acids is 1. The first kappa shape index (κ1) is 9.27. The smallest absolute Gasteiger partial charge is 0.308 e. The minimum absolute atomic E-state index is 0.109. The molecule has 0 amide bonds. The molecule has 2 rings (SSSR count). The average molecular weight is 195 g/mol. The van der Waals surface area contributed by atoms with E-state index in [9.17, 15) is 4.79 Å². The second-order valence-corrected chi connectivity index (χ2v) is 3.67. The van der Waals surface area contributed by atoms with E-state index in [0.717, 1.165) is 12.3 Å². The maximum atomic E-state index is 11.0. The lowest BCUT2D eigenvalue weighted by Crippen LogP contribution is -2.24. The lowest BCUT2D eigenvalue weighted by Gasteiger charge is -2.20. The fraction of sp³-hybridized carbons (Fsp3) is 0.500. The lowest BCUT2D eigenvalue weighted by molar-refractivity contribution is -0.142. The third-order valence-electron chi connectivity index (χ3n) is 2.80. The van der Waals surface area contributed by atoms with Crippen LogP contribution in [0.25, 0.3) is 0 Å². The molecule has 0 aromatic carbocycles. The van der Waals surface area contributed by atoms with Gasteiger partial charge < -0.3 is 9.52 Å². The van der Waals surface area contributed by atoms with E-state index in [1.165, 1.54) is 0 Å². The van der Waals surface area contributed by atoms with E-state index < -0.39 is 5.97 Å². The van der Waals surface area contributed by atoms with Gasteiger partial charge in [0, 0.05) is 0 Å². The number of likely N-dealkylation sites (tertiary alicyclic amines) is 1. The van der Waals surface area contributed by atoms with Crippen molar-refractivity contribution in [3.63, 3.8) is 0 Å². The van der Waals surface area contributed by atoms with Crippen LogP contribution in [0.4, 0.5) is 0 Å². The number of nitrogens with zero attached hydrogens (tertiary/aromatic N) is 1. The summed E-state index contributed by atoms with van der Waals surface area (Å²) in [5.41, 5.74) is 0. The van der Waals surface area contributed by atoms with Gasteiger partial charge in [-0.05, 0) is 32.1 Å². The molecule has 0 saturated carbocycles. The molecule has 1 aromatic rings. The minimum Gasteiger partial charge on any atom is -0.481 e. The van der Waals surface area contributed by atoms with Gasteiger partial charge in [0.15, 0.2) is 0 Å². The van der Waals surface area contributed by atoms with Crippen molar-refractivity contribution in [2.45, 2.75) is 12.5 Å². The lowest BCUT2D eigenvalue weighted by atomic mass is 9.99. The molecule has 14 heavy (non-hydrogen) atoms. The van der Waals surface area contributed by atoms with Crippen LogP contribution in [-0.2, 0) is 4.79 Å². The summed E-state index contributed by atoms with van der Waals surface area (Å²) in [7, 11) is 1.93. The van der Waals surface area contributed by atoms with E-state index in [1.807, 2.05) is 18.0 Å². The zero-order valence-electron chi connectivity index (χ0n) is 8.01. The third kappa shape index (κ3) is 1.42. The van der Waals surface area contributed by atoms with Crippen molar-refractivity contribution >= 4 is 5.97 Å². The summed E-state index contributed by atoms with van der Waals surface area (Å²) in [5.74, 6) is -0.334. The maximum Gasteiger partial charge on any atom is 0.308 e. The normalized spacial score (nSPS) is 28.1. The zero-order chi connectivity index (χ0) is 10.1. The minimum atomic E-state index is -0.740. The Morgan fingerprint density at radius 1 is 1.71 bits per heavy atom. The van der Waals surface area contributed by atoms with Gasteiger partial charge >= 0.3 is 5.97 Å². The Morgan fingerprint density at radius 3 is 3.07 bits per heavy atom.